The molecular formula is C10H22ClNO2. The van der Waals surface area contributed by atoms with Crippen molar-refractivity contribution in [2.45, 2.75) is 52.7 Å². The van der Waals surface area contributed by atoms with E-state index in [-0.39, 0.29) is 24.3 Å². The minimum Gasteiger partial charge on any atom is -0.459 e. The molecule has 0 aliphatic rings. The highest BCUT2D eigenvalue weighted by Crippen LogP contribution is 2.12. The monoisotopic (exact) mass is 223 g/mol. The van der Waals surface area contributed by atoms with Gasteiger partial charge in [-0.05, 0) is 26.7 Å². The van der Waals surface area contributed by atoms with Gasteiger partial charge in [-0.15, -0.1) is 12.4 Å². The van der Waals surface area contributed by atoms with Gasteiger partial charge < -0.3 is 10.5 Å². The third-order valence-electron chi connectivity index (χ3n) is 1.94. The van der Waals surface area contributed by atoms with E-state index in [2.05, 4.69) is 0 Å². The molecule has 0 fully saturated rings. The Morgan fingerprint density at radius 1 is 1.43 bits per heavy atom. The molecule has 0 aromatic carbocycles. The van der Waals surface area contributed by atoms with E-state index < -0.39 is 11.6 Å². The Morgan fingerprint density at radius 2 is 1.86 bits per heavy atom. The molecule has 14 heavy (non-hydrogen) atoms. The van der Waals surface area contributed by atoms with Crippen molar-refractivity contribution in [1.82, 2.24) is 0 Å². The SMILES string of the molecule is CCC(C)[C@H](N)C(=O)OC(C)(C)C.Cl. The average Bonchev–Trinajstić information content (AvgIpc) is 1.98. The second-order valence-corrected chi connectivity index (χ2v) is 4.44. The molecule has 0 saturated carbocycles. The number of ether oxygens (including phenoxy) is 1. The van der Waals surface area contributed by atoms with Crippen molar-refractivity contribution in [3.8, 4) is 0 Å². The first-order chi connectivity index (χ1) is 5.78. The summed E-state index contributed by atoms with van der Waals surface area (Å²) in [6, 6.07) is -0.496. The first-order valence-electron chi connectivity index (χ1n) is 4.76. The lowest BCUT2D eigenvalue weighted by atomic mass is 10.00. The second-order valence-electron chi connectivity index (χ2n) is 4.44. The van der Waals surface area contributed by atoms with E-state index >= 15 is 0 Å². The second kappa shape index (κ2) is 6.25. The molecule has 0 heterocycles. The van der Waals surface area contributed by atoms with Crippen LogP contribution >= 0.6 is 12.4 Å². The molecule has 3 nitrogen and oxygen atoms in total. The maximum atomic E-state index is 11.4. The Labute approximate surface area is 92.8 Å². The molecule has 0 aliphatic heterocycles. The van der Waals surface area contributed by atoms with Crippen LogP contribution in [0.2, 0.25) is 0 Å². The Kier molecular flexibility index (Phi) is 7.21. The van der Waals surface area contributed by atoms with Crippen LogP contribution in [0.15, 0.2) is 0 Å². The fourth-order valence-corrected chi connectivity index (χ4v) is 0.856. The largest absolute Gasteiger partial charge is 0.459 e. The number of carbonyl (C=O) groups excluding carboxylic acids is 1. The first-order valence-corrected chi connectivity index (χ1v) is 4.76. The highest BCUT2D eigenvalue weighted by atomic mass is 35.5. The van der Waals surface area contributed by atoms with Gasteiger partial charge in [0.05, 0.1) is 0 Å². The summed E-state index contributed by atoms with van der Waals surface area (Å²) in [6.07, 6.45) is 0.889. The van der Waals surface area contributed by atoms with Gasteiger partial charge in [-0.1, -0.05) is 20.3 Å². The molecule has 1 unspecified atom stereocenters. The van der Waals surface area contributed by atoms with E-state index in [1.165, 1.54) is 0 Å². The third kappa shape index (κ3) is 6.22. The fraction of sp³-hybridized carbons (Fsp3) is 0.900. The van der Waals surface area contributed by atoms with E-state index in [0.29, 0.717) is 0 Å². The molecule has 0 amide bonds. The van der Waals surface area contributed by atoms with Crippen LogP contribution in [-0.4, -0.2) is 17.6 Å². The molecule has 0 bridgehead atoms. The number of hydrogen-bond acceptors (Lipinski definition) is 3. The summed E-state index contributed by atoms with van der Waals surface area (Å²) in [7, 11) is 0. The number of hydrogen-bond donors (Lipinski definition) is 1. The molecule has 0 saturated heterocycles. The number of halogens is 1. The zero-order valence-corrected chi connectivity index (χ0v) is 10.5. The van der Waals surface area contributed by atoms with Crippen molar-refractivity contribution in [1.29, 1.82) is 0 Å². The van der Waals surface area contributed by atoms with Crippen LogP contribution in [0.3, 0.4) is 0 Å². The Bertz CT molecular complexity index is 177. The van der Waals surface area contributed by atoms with Gasteiger partial charge in [-0.2, -0.15) is 0 Å². The number of nitrogens with two attached hydrogens (primary N) is 1. The smallest absolute Gasteiger partial charge is 0.323 e. The molecule has 0 aliphatic carbocycles. The van der Waals surface area contributed by atoms with Gasteiger partial charge in [0.2, 0.25) is 0 Å². The standard InChI is InChI=1S/C10H21NO2.ClH/c1-6-7(2)8(11)9(12)13-10(3,4)5;/h7-8H,6,11H2,1-5H3;1H/t7?,8-;/m0./s1. The molecule has 2 atom stereocenters. The van der Waals surface area contributed by atoms with Crippen LogP contribution in [0.1, 0.15) is 41.0 Å². The molecule has 4 heteroatoms. The molecule has 0 aromatic rings. The van der Waals surface area contributed by atoms with Crippen LogP contribution in [0, 0.1) is 5.92 Å². The van der Waals surface area contributed by atoms with Crippen molar-refractivity contribution in [2.75, 3.05) is 0 Å². The minimum absolute atomic E-state index is 0. The minimum atomic E-state index is -0.496. The summed E-state index contributed by atoms with van der Waals surface area (Å²) < 4.78 is 5.16. The predicted molar refractivity (Wildman–Crippen MR) is 60.5 cm³/mol. The predicted octanol–water partition coefficient (Wildman–Crippen LogP) is 2.12. The van der Waals surface area contributed by atoms with Crippen LogP contribution in [0.4, 0.5) is 0 Å². The first kappa shape index (κ1) is 16.2. The van der Waals surface area contributed by atoms with E-state index in [0.717, 1.165) is 6.42 Å². The van der Waals surface area contributed by atoms with E-state index in [1.54, 1.807) is 0 Å². The van der Waals surface area contributed by atoms with Crippen molar-refractivity contribution in [3.05, 3.63) is 0 Å². The highest BCUT2D eigenvalue weighted by molar-refractivity contribution is 5.85. The summed E-state index contributed by atoms with van der Waals surface area (Å²) in [4.78, 5) is 11.4. The summed E-state index contributed by atoms with van der Waals surface area (Å²) in [5.41, 5.74) is 5.26. The van der Waals surface area contributed by atoms with Gasteiger partial charge in [0, 0.05) is 0 Å². The van der Waals surface area contributed by atoms with Crippen molar-refractivity contribution in [2.24, 2.45) is 11.7 Å². The summed E-state index contributed by atoms with van der Waals surface area (Å²) in [5.74, 6) is -0.128. The van der Waals surface area contributed by atoms with Gasteiger partial charge in [0.1, 0.15) is 11.6 Å². The average molecular weight is 224 g/mol. The van der Waals surface area contributed by atoms with Gasteiger partial charge in [-0.3, -0.25) is 4.79 Å². The van der Waals surface area contributed by atoms with E-state index in [4.69, 9.17) is 10.5 Å². The number of rotatable bonds is 3. The topological polar surface area (TPSA) is 52.3 Å². The molecule has 0 aromatic heterocycles. The normalized spacial score (nSPS) is 15.3. The lowest BCUT2D eigenvalue weighted by Gasteiger charge is -2.24. The maximum absolute atomic E-state index is 11.4. The van der Waals surface area contributed by atoms with E-state index in [1.807, 2.05) is 34.6 Å². The van der Waals surface area contributed by atoms with Crippen LogP contribution in [0.5, 0.6) is 0 Å². The summed E-state index contributed by atoms with van der Waals surface area (Å²) in [6.45, 7) is 9.49. The zero-order valence-electron chi connectivity index (χ0n) is 9.66. The molecular weight excluding hydrogens is 202 g/mol. The number of carbonyl (C=O) groups is 1. The van der Waals surface area contributed by atoms with Crippen LogP contribution in [-0.2, 0) is 9.53 Å². The Balaban J connectivity index is 0. The summed E-state index contributed by atoms with van der Waals surface area (Å²) >= 11 is 0. The fourth-order valence-electron chi connectivity index (χ4n) is 0.856. The lowest BCUT2D eigenvalue weighted by Crippen LogP contribution is -2.41. The van der Waals surface area contributed by atoms with Gasteiger partial charge in [0.25, 0.3) is 0 Å². The summed E-state index contributed by atoms with van der Waals surface area (Å²) in [5, 5.41) is 0. The van der Waals surface area contributed by atoms with Crippen LogP contribution in [0.25, 0.3) is 0 Å². The Morgan fingerprint density at radius 3 is 2.14 bits per heavy atom. The molecule has 0 radical (unpaired) electrons. The van der Waals surface area contributed by atoms with Crippen molar-refractivity contribution in [3.63, 3.8) is 0 Å². The third-order valence-corrected chi connectivity index (χ3v) is 1.94. The highest BCUT2D eigenvalue weighted by Gasteiger charge is 2.25. The molecule has 0 rings (SSSR count). The zero-order chi connectivity index (χ0) is 10.6. The quantitative estimate of drug-likeness (QED) is 0.746. The number of esters is 1. The van der Waals surface area contributed by atoms with E-state index in [9.17, 15) is 4.79 Å². The van der Waals surface area contributed by atoms with Crippen molar-refractivity contribution < 1.29 is 9.53 Å². The maximum Gasteiger partial charge on any atom is 0.323 e. The van der Waals surface area contributed by atoms with Gasteiger partial charge in [0.15, 0.2) is 0 Å². The van der Waals surface area contributed by atoms with Gasteiger partial charge in [-0.25, -0.2) is 0 Å². The van der Waals surface area contributed by atoms with Crippen molar-refractivity contribution >= 4 is 18.4 Å². The lowest BCUT2D eigenvalue weighted by molar-refractivity contribution is -0.157. The Hall–Kier alpha value is -0.280. The molecule has 86 valence electrons. The van der Waals surface area contributed by atoms with Gasteiger partial charge >= 0.3 is 5.97 Å². The molecule has 0 spiro atoms. The molecule has 2 N–H and O–H groups in total. The van der Waals surface area contributed by atoms with Crippen LogP contribution < -0.4 is 5.73 Å².